The van der Waals surface area contributed by atoms with Crippen LogP contribution in [0.25, 0.3) is 5.53 Å². The molecule has 0 aliphatic heterocycles. The van der Waals surface area contributed by atoms with E-state index in [1.165, 1.54) is 5.56 Å². The van der Waals surface area contributed by atoms with Gasteiger partial charge in [-0.15, -0.1) is 0 Å². The zero-order valence-corrected chi connectivity index (χ0v) is 13.5. The minimum atomic E-state index is -4.67. The van der Waals surface area contributed by atoms with Crippen molar-refractivity contribution < 1.29 is 22.3 Å². The molecule has 1 aromatic rings. The van der Waals surface area contributed by atoms with Gasteiger partial charge >= 0.3 is 16.1 Å². The molecule has 2 N–H and O–H groups in total. The topological polar surface area (TPSA) is 114 Å². The number of allylic oxidation sites excluding steroid dienone is 2. The first-order valence-electron chi connectivity index (χ1n) is 6.89. The van der Waals surface area contributed by atoms with Gasteiger partial charge in [-0.25, -0.2) is 0 Å². The summed E-state index contributed by atoms with van der Waals surface area (Å²) in [7, 11) is -4.67. The fourth-order valence-corrected chi connectivity index (χ4v) is 2.07. The van der Waals surface area contributed by atoms with Gasteiger partial charge in [0.05, 0.1) is 0 Å². The van der Waals surface area contributed by atoms with Crippen molar-refractivity contribution in [1.29, 1.82) is 0 Å². The highest BCUT2D eigenvalue weighted by atomic mass is 32.3. The van der Waals surface area contributed by atoms with Crippen molar-refractivity contribution >= 4 is 16.1 Å². The molecule has 1 aromatic carbocycles. The summed E-state index contributed by atoms with van der Waals surface area (Å²) >= 11 is 0. The number of nitrogens with zero attached hydrogens (tertiary/aromatic N) is 3. The fourth-order valence-electron chi connectivity index (χ4n) is 2.07. The quantitative estimate of drug-likeness (QED) is 0.495. The molecule has 8 heteroatoms. The van der Waals surface area contributed by atoms with E-state index in [4.69, 9.17) is 23.1 Å². The summed E-state index contributed by atoms with van der Waals surface area (Å²) in [5, 5.41) is 0. The van der Waals surface area contributed by atoms with Crippen molar-refractivity contribution in [2.45, 2.75) is 19.5 Å². The zero-order chi connectivity index (χ0) is 17.3. The zero-order valence-electron chi connectivity index (χ0n) is 12.6. The summed E-state index contributed by atoms with van der Waals surface area (Å²) in [5.41, 5.74) is 10.6. The molecule has 0 heterocycles. The number of hydrogen-bond donors (Lipinski definition) is 2. The Bertz CT molecular complexity index is 683. The Hall–Kier alpha value is -2.09. The summed E-state index contributed by atoms with van der Waals surface area (Å²) in [6.07, 6.45) is 7.81. The molecule has 0 radical (unpaired) electrons. The third-order valence-corrected chi connectivity index (χ3v) is 3.10. The minimum absolute atomic E-state index is 0.265. The van der Waals surface area contributed by atoms with E-state index in [1.807, 2.05) is 18.2 Å². The molecule has 0 spiro atoms. The van der Waals surface area contributed by atoms with Crippen molar-refractivity contribution in [3.8, 4) is 0 Å². The molecule has 0 bridgehead atoms. The third kappa shape index (κ3) is 8.20. The average Bonchev–Trinajstić information content (AvgIpc) is 2.52. The minimum Gasteiger partial charge on any atom is -0.361 e. The highest BCUT2D eigenvalue weighted by molar-refractivity contribution is 7.79. The van der Waals surface area contributed by atoms with Gasteiger partial charge < -0.3 is 5.53 Å². The van der Waals surface area contributed by atoms with Crippen molar-refractivity contribution in [1.82, 2.24) is 4.90 Å². The first-order chi connectivity index (χ1) is 10.8. The molecule has 0 saturated carbocycles. The monoisotopic (exact) mass is 337 g/mol. The SMILES string of the molecule is CCN(Cc1ccccc1)C1C=CC(=[N+]=[N-])C=C1.O=S(=O)(O)O. The maximum absolute atomic E-state index is 8.74. The van der Waals surface area contributed by atoms with E-state index < -0.39 is 10.4 Å². The van der Waals surface area contributed by atoms with Crippen molar-refractivity contribution in [3.05, 3.63) is 65.7 Å². The van der Waals surface area contributed by atoms with Crippen LogP contribution in [0, 0.1) is 0 Å². The molecule has 0 atom stereocenters. The molecule has 0 fully saturated rings. The number of hydrogen-bond acceptors (Lipinski definition) is 3. The van der Waals surface area contributed by atoms with Crippen LogP contribution >= 0.6 is 0 Å². The summed E-state index contributed by atoms with van der Waals surface area (Å²) in [6, 6.07) is 10.7. The molecule has 1 aliphatic carbocycles. The standard InChI is InChI=1S/C15H17N3.H2O4S/c1-2-18(12-13-6-4-3-5-7-13)15-10-8-14(17-16)9-11-15;1-5(2,3)4/h3-11,15H,2,12H2,1H3;(H2,1,2,3,4). The van der Waals surface area contributed by atoms with Crippen molar-refractivity contribution in [2.75, 3.05) is 6.54 Å². The normalized spacial score (nSPS) is 16.7. The summed E-state index contributed by atoms with van der Waals surface area (Å²) in [6.45, 7) is 4.04. The Kier molecular flexibility index (Phi) is 7.53. The van der Waals surface area contributed by atoms with Gasteiger partial charge in [0.15, 0.2) is 0 Å². The molecular formula is C15H19N3O4S. The number of benzene rings is 1. The molecule has 0 saturated heterocycles. The van der Waals surface area contributed by atoms with Crippen LogP contribution in [0.1, 0.15) is 12.5 Å². The molecule has 0 unspecified atom stereocenters. The van der Waals surface area contributed by atoms with Gasteiger partial charge in [0.1, 0.15) is 0 Å². The highest BCUT2D eigenvalue weighted by Gasteiger charge is 2.16. The fraction of sp³-hybridized carbons (Fsp3) is 0.267. The predicted molar refractivity (Wildman–Crippen MR) is 87.4 cm³/mol. The first kappa shape index (κ1) is 19.0. The summed E-state index contributed by atoms with van der Waals surface area (Å²) < 4.78 is 31.6. The van der Waals surface area contributed by atoms with Crippen LogP contribution in [0.2, 0.25) is 0 Å². The van der Waals surface area contributed by atoms with E-state index in [2.05, 4.69) is 53.0 Å². The second kappa shape index (κ2) is 9.14. The van der Waals surface area contributed by atoms with Crippen LogP contribution in [-0.2, 0) is 16.9 Å². The Morgan fingerprint density at radius 2 is 1.70 bits per heavy atom. The van der Waals surface area contributed by atoms with E-state index in [0.29, 0.717) is 5.71 Å². The lowest BCUT2D eigenvalue weighted by Gasteiger charge is -2.27. The van der Waals surface area contributed by atoms with Crippen molar-refractivity contribution in [3.63, 3.8) is 0 Å². The average molecular weight is 337 g/mol. The predicted octanol–water partition coefficient (Wildman–Crippen LogP) is 2.02. The molecule has 0 aromatic heterocycles. The molecule has 2 rings (SSSR count). The summed E-state index contributed by atoms with van der Waals surface area (Å²) in [5.74, 6) is 0. The second-order valence-corrected chi connectivity index (χ2v) is 5.63. The van der Waals surface area contributed by atoms with Gasteiger partial charge in [-0.05, 0) is 12.1 Å². The largest absolute Gasteiger partial charge is 0.394 e. The lowest BCUT2D eigenvalue weighted by atomic mass is 10.1. The van der Waals surface area contributed by atoms with E-state index in [-0.39, 0.29) is 6.04 Å². The smallest absolute Gasteiger partial charge is 0.361 e. The molecular weight excluding hydrogens is 318 g/mol. The van der Waals surface area contributed by atoms with Crippen LogP contribution < -0.4 is 0 Å². The first-order valence-corrected chi connectivity index (χ1v) is 8.29. The molecule has 124 valence electrons. The maximum Gasteiger partial charge on any atom is 0.394 e. The summed E-state index contributed by atoms with van der Waals surface area (Å²) in [4.78, 5) is 5.53. The van der Waals surface area contributed by atoms with E-state index in [9.17, 15) is 0 Å². The Labute approximate surface area is 135 Å². The lowest BCUT2D eigenvalue weighted by molar-refractivity contribution is -0.00175. The van der Waals surface area contributed by atoms with Crippen LogP contribution in [0.5, 0.6) is 0 Å². The third-order valence-electron chi connectivity index (χ3n) is 3.10. The Morgan fingerprint density at radius 1 is 1.17 bits per heavy atom. The van der Waals surface area contributed by atoms with Gasteiger partial charge in [-0.3, -0.25) is 14.0 Å². The van der Waals surface area contributed by atoms with Gasteiger partial charge in [0.25, 0.3) is 0 Å². The van der Waals surface area contributed by atoms with Gasteiger partial charge in [0, 0.05) is 24.7 Å². The van der Waals surface area contributed by atoms with E-state index >= 15 is 0 Å². The lowest BCUT2D eigenvalue weighted by Crippen LogP contribution is -2.33. The maximum atomic E-state index is 8.74. The molecule has 1 aliphatic rings. The molecule has 0 amide bonds. The molecule has 7 nitrogen and oxygen atoms in total. The van der Waals surface area contributed by atoms with Gasteiger partial charge in [-0.1, -0.05) is 49.4 Å². The second-order valence-electron chi connectivity index (χ2n) is 4.73. The highest BCUT2D eigenvalue weighted by Crippen LogP contribution is 2.12. The Balaban J connectivity index is 0.000000463. The van der Waals surface area contributed by atoms with Gasteiger partial charge in [-0.2, -0.15) is 13.2 Å². The van der Waals surface area contributed by atoms with Crippen molar-refractivity contribution in [2.24, 2.45) is 0 Å². The van der Waals surface area contributed by atoms with E-state index in [1.54, 1.807) is 0 Å². The van der Waals surface area contributed by atoms with Gasteiger partial charge in [0.2, 0.25) is 0 Å². The van der Waals surface area contributed by atoms with E-state index in [0.717, 1.165) is 13.1 Å². The Morgan fingerprint density at radius 3 is 2.13 bits per heavy atom. The van der Waals surface area contributed by atoms with Crippen LogP contribution in [0.4, 0.5) is 0 Å². The van der Waals surface area contributed by atoms with Crippen LogP contribution in [0.15, 0.2) is 54.6 Å². The number of rotatable bonds is 4. The van der Waals surface area contributed by atoms with Crippen LogP contribution in [0.3, 0.4) is 0 Å². The number of likely N-dealkylation sites (N-methyl/N-ethyl adjacent to an activating group) is 1. The molecule has 23 heavy (non-hydrogen) atoms. The van der Waals surface area contributed by atoms with Crippen LogP contribution in [-0.4, -0.2) is 45.5 Å².